The second kappa shape index (κ2) is 6.49. The topological polar surface area (TPSA) is 36.4 Å². The monoisotopic (exact) mass is 363 g/mol. The fourth-order valence-corrected chi connectivity index (χ4v) is 5.32. The normalized spacial score (nSPS) is 20.0. The highest BCUT2D eigenvalue weighted by molar-refractivity contribution is 7.18. The standard InChI is InChI=1S/C21H21N3OS/c25-20(24-13-11-15-6-1-3-8-17(15)24)14-23-12-5-9-18(23)21-22-16-7-2-4-10-19(16)26-21/h1-4,6-8,10,18H,5,9,11-14H2/t18-/m0/s1. The molecule has 2 aromatic carbocycles. The van der Waals surface area contributed by atoms with Gasteiger partial charge in [0, 0.05) is 12.2 Å². The molecule has 1 amide bonds. The summed E-state index contributed by atoms with van der Waals surface area (Å²) >= 11 is 1.77. The molecule has 5 heteroatoms. The predicted molar refractivity (Wildman–Crippen MR) is 106 cm³/mol. The van der Waals surface area contributed by atoms with Gasteiger partial charge in [0.2, 0.25) is 5.91 Å². The summed E-state index contributed by atoms with van der Waals surface area (Å²) in [6.07, 6.45) is 3.18. The molecule has 0 N–H and O–H groups in total. The number of carbonyl (C=O) groups excluding carboxylic acids is 1. The number of nitrogens with zero attached hydrogens (tertiary/aromatic N) is 3. The number of hydrogen-bond acceptors (Lipinski definition) is 4. The van der Waals surface area contributed by atoms with Crippen LogP contribution in [0.3, 0.4) is 0 Å². The molecule has 0 spiro atoms. The minimum Gasteiger partial charge on any atom is -0.311 e. The van der Waals surface area contributed by atoms with Crippen LogP contribution in [0, 0.1) is 0 Å². The van der Waals surface area contributed by atoms with Gasteiger partial charge >= 0.3 is 0 Å². The molecule has 1 saturated heterocycles. The first-order chi connectivity index (χ1) is 12.8. The molecule has 132 valence electrons. The third kappa shape index (κ3) is 2.72. The maximum absolute atomic E-state index is 13.0. The van der Waals surface area contributed by atoms with Crippen LogP contribution in [-0.2, 0) is 11.2 Å². The predicted octanol–water partition coefficient (Wildman–Crippen LogP) is 4.02. The zero-order chi connectivity index (χ0) is 17.5. The molecule has 26 heavy (non-hydrogen) atoms. The van der Waals surface area contributed by atoms with Gasteiger partial charge in [-0.1, -0.05) is 30.3 Å². The Labute approximate surface area is 157 Å². The van der Waals surface area contributed by atoms with E-state index >= 15 is 0 Å². The van der Waals surface area contributed by atoms with Crippen LogP contribution < -0.4 is 4.90 Å². The summed E-state index contributed by atoms with van der Waals surface area (Å²) in [7, 11) is 0. The lowest BCUT2D eigenvalue weighted by atomic mass is 10.2. The van der Waals surface area contributed by atoms with Crippen molar-refractivity contribution in [2.45, 2.75) is 25.3 Å². The van der Waals surface area contributed by atoms with Gasteiger partial charge in [0.1, 0.15) is 5.01 Å². The Bertz CT molecular complexity index is 934. The van der Waals surface area contributed by atoms with E-state index in [1.54, 1.807) is 11.3 Å². The zero-order valence-corrected chi connectivity index (χ0v) is 15.4. The first-order valence-electron chi connectivity index (χ1n) is 9.27. The fourth-order valence-electron chi connectivity index (χ4n) is 4.18. The number of fused-ring (bicyclic) bond motifs is 2. The SMILES string of the molecule is O=C(CN1CCC[C@H]1c1nc2ccccc2s1)N1CCc2ccccc21. The van der Waals surface area contributed by atoms with Crippen LogP contribution >= 0.6 is 11.3 Å². The molecule has 0 unspecified atom stereocenters. The third-order valence-electron chi connectivity index (χ3n) is 5.49. The number of benzene rings is 2. The number of anilines is 1. The molecule has 0 radical (unpaired) electrons. The van der Waals surface area contributed by atoms with Gasteiger partial charge in [-0.25, -0.2) is 4.98 Å². The Hall–Kier alpha value is -2.24. The zero-order valence-electron chi connectivity index (χ0n) is 14.6. The van der Waals surface area contributed by atoms with Crippen molar-refractivity contribution < 1.29 is 4.79 Å². The van der Waals surface area contributed by atoms with Crippen molar-refractivity contribution in [2.24, 2.45) is 0 Å². The molecule has 4 nitrogen and oxygen atoms in total. The highest BCUT2D eigenvalue weighted by Crippen LogP contribution is 2.36. The molecule has 2 aliphatic heterocycles. The first-order valence-corrected chi connectivity index (χ1v) is 10.1. The van der Waals surface area contributed by atoms with Crippen molar-refractivity contribution in [1.29, 1.82) is 0 Å². The molecule has 0 bridgehead atoms. The van der Waals surface area contributed by atoms with Gasteiger partial charge in [-0.05, 0) is 49.6 Å². The average Bonchev–Trinajstić information content (AvgIpc) is 3.38. The van der Waals surface area contributed by atoms with Crippen molar-refractivity contribution in [3.05, 3.63) is 59.1 Å². The van der Waals surface area contributed by atoms with E-state index in [9.17, 15) is 4.79 Å². The molecule has 1 aromatic heterocycles. The molecular weight excluding hydrogens is 342 g/mol. The lowest BCUT2D eigenvalue weighted by Gasteiger charge is -2.25. The lowest BCUT2D eigenvalue weighted by Crippen LogP contribution is -2.39. The van der Waals surface area contributed by atoms with Gasteiger partial charge in [0.05, 0.1) is 22.8 Å². The fraction of sp³-hybridized carbons (Fsp3) is 0.333. The summed E-state index contributed by atoms with van der Waals surface area (Å²) in [4.78, 5) is 22.1. The first kappa shape index (κ1) is 16.0. The Balaban J connectivity index is 1.36. The van der Waals surface area contributed by atoms with Crippen LogP contribution in [0.4, 0.5) is 5.69 Å². The smallest absolute Gasteiger partial charge is 0.241 e. The molecule has 5 rings (SSSR count). The van der Waals surface area contributed by atoms with Gasteiger partial charge in [-0.15, -0.1) is 11.3 Å². The largest absolute Gasteiger partial charge is 0.311 e. The quantitative estimate of drug-likeness (QED) is 0.705. The van der Waals surface area contributed by atoms with E-state index < -0.39 is 0 Å². The maximum Gasteiger partial charge on any atom is 0.241 e. The number of likely N-dealkylation sites (tertiary alicyclic amines) is 1. The number of carbonyl (C=O) groups is 1. The molecule has 3 heterocycles. The molecule has 3 aromatic rings. The van der Waals surface area contributed by atoms with Gasteiger partial charge < -0.3 is 4.90 Å². The number of hydrogen-bond donors (Lipinski definition) is 0. The van der Waals surface area contributed by atoms with Crippen LogP contribution in [0.25, 0.3) is 10.2 Å². The minimum atomic E-state index is 0.211. The number of aromatic nitrogens is 1. The van der Waals surface area contributed by atoms with E-state index in [2.05, 4.69) is 41.3 Å². The Morgan fingerprint density at radius 2 is 1.96 bits per heavy atom. The highest BCUT2D eigenvalue weighted by Gasteiger charge is 2.32. The molecule has 0 aliphatic carbocycles. The van der Waals surface area contributed by atoms with Crippen molar-refractivity contribution in [3.8, 4) is 0 Å². The number of amides is 1. The van der Waals surface area contributed by atoms with E-state index in [1.807, 2.05) is 17.0 Å². The number of thiazole rings is 1. The summed E-state index contributed by atoms with van der Waals surface area (Å²) < 4.78 is 1.23. The summed E-state index contributed by atoms with van der Waals surface area (Å²) in [6, 6.07) is 16.8. The Kier molecular flexibility index (Phi) is 3.98. The van der Waals surface area contributed by atoms with Crippen LogP contribution in [0.5, 0.6) is 0 Å². The second-order valence-corrected chi connectivity index (χ2v) is 8.13. The van der Waals surface area contributed by atoms with Crippen molar-refractivity contribution in [1.82, 2.24) is 9.88 Å². The van der Waals surface area contributed by atoms with Crippen LogP contribution in [0.15, 0.2) is 48.5 Å². The van der Waals surface area contributed by atoms with Crippen molar-refractivity contribution >= 4 is 33.1 Å². The summed E-state index contributed by atoms with van der Waals surface area (Å²) in [5.41, 5.74) is 3.44. The van der Waals surface area contributed by atoms with Crippen LogP contribution in [0.2, 0.25) is 0 Å². The van der Waals surface area contributed by atoms with Crippen LogP contribution in [0.1, 0.15) is 29.5 Å². The van der Waals surface area contributed by atoms with E-state index in [-0.39, 0.29) is 11.9 Å². The molecule has 1 atom stereocenters. The molecule has 1 fully saturated rings. The van der Waals surface area contributed by atoms with Crippen molar-refractivity contribution in [2.75, 3.05) is 24.5 Å². The van der Waals surface area contributed by atoms with Crippen LogP contribution in [-0.4, -0.2) is 35.4 Å². The maximum atomic E-state index is 13.0. The summed E-state index contributed by atoms with van der Waals surface area (Å²) in [5, 5.41) is 1.15. The van der Waals surface area contributed by atoms with E-state index in [4.69, 9.17) is 4.98 Å². The van der Waals surface area contributed by atoms with Gasteiger partial charge in [-0.2, -0.15) is 0 Å². The number of para-hydroxylation sites is 2. The molecule has 0 saturated carbocycles. The van der Waals surface area contributed by atoms with E-state index in [0.29, 0.717) is 6.54 Å². The third-order valence-corrected chi connectivity index (χ3v) is 6.62. The number of rotatable bonds is 3. The lowest BCUT2D eigenvalue weighted by molar-refractivity contribution is -0.119. The Morgan fingerprint density at radius 1 is 1.12 bits per heavy atom. The minimum absolute atomic E-state index is 0.211. The van der Waals surface area contributed by atoms with E-state index in [0.717, 1.165) is 48.6 Å². The molecular formula is C21H21N3OS. The Morgan fingerprint density at radius 3 is 2.88 bits per heavy atom. The second-order valence-electron chi connectivity index (χ2n) is 7.07. The van der Waals surface area contributed by atoms with Crippen molar-refractivity contribution in [3.63, 3.8) is 0 Å². The van der Waals surface area contributed by atoms with E-state index in [1.165, 1.54) is 10.3 Å². The van der Waals surface area contributed by atoms with Gasteiger partial charge in [-0.3, -0.25) is 9.69 Å². The summed E-state index contributed by atoms with van der Waals surface area (Å²) in [5.74, 6) is 0.211. The summed E-state index contributed by atoms with van der Waals surface area (Å²) in [6.45, 7) is 2.26. The van der Waals surface area contributed by atoms with Gasteiger partial charge in [0.15, 0.2) is 0 Å². The van der Waals surface area contributed by atoms with Gasteiger partial charge in [0.25, 0.3) is 0 Å². The highest BCUT2D eigenvalue weighted by atomic mass is 32.1. The molecule has 2 aliphatic rings. The average molecular weight is 363 g/mol.